The van der Waals surface area contributed by atoms with Crippen molar-refractivity contribution in [1.82, 2.24) is 25.5 Å². The maximum atomic E-state index is 11.7. The number of rotatable bonds is 6. The highest BCUT2D eigenvalue weighted by Gasteiger charge is 2.21. The van der Waals surface area contributed by atoms with Crippen LogP contribution in [-0.4, -0.2) is 43.5 Å². The zero-order chi connectivity index (χ0) is 14.7. The Hall–Kier alpha value is -2.09. The molecular weight excluding hydrogens is 290 g/mol. The largest absolute Gasteiger partial charge is 0.508 e. The lowest BCUT2D eigenvalue weighted by atomic mass is 10.3. The molecule has 21 heavy (non-hydrogen) atoms. The van der Waals surface area contributed by atoms with Crippen molar-refractivity contribution in [2.75, 3.05) is 12.3 Å². The third kappa shape index (κ3) is 3.72. The zero-order valence-corrected chi connectivity index (χ0v) is 12.1. The predicted octanol–water partition coefficient (Wildman–Crippen LogP) is 0.986. The number of phenols is 1. The zero-order valence-electron chi connectivity index (χ0n) is 11.3. The van der Waals surface area contributed by atoms with Crippen molar-refractivity contribution in [3.63, 3.8) is 0 Å². The van der Waals surface area contributed by atoms with Crippen LogP contribution in [0.1, 0.15) is 12.8 Å². The van der Waals surface area contributed by atoms with E-state index in [1.165, 1.54) is 29.3 Å². The third-order valence-corrected chi connectivity index (χ3v) is 4.07. The highest BCUT2D eigenvalue weighted by molar-refractivity contribution is 7.99. The first-order chi connectivity index (χ1) is 10.2. The molecule has 0 atom stereocenters. The van der Waals surface area contributed by atoms with Crippen LogP contribution in [0.15, 0.2) is 29.4 Å². The van der Waals surface area contributed by atoms with Gasteiger partial charge in [-0.25, -0.2) is 0 Å². The number of hydrogen-bond acceptors (Lipinski definition) is 6. The van der Waals surface area contributed by atoms with Gasteiger partial charge in [-0.3, -0.25) is 4.79 Å². The lowest BCUT2D eigenvalue weighted by molar-refractivity contribution is -0.118. The Kier molecular flexibility index (Phi) is 4.05. The lowest BCUT2D eigenvalue weighted by Crippen LogP contribution is -2.27. The minimum Gasteiger partial charge on any atom is -0.508 e. The van der Waals surface area contributed by atoms with Crippen molar-refractivity contribution in [3.05, 3.63) is 24.3 Å². The van der Waals surface area contributed by atoms with Crippen molar-refractivity contribution < 1.29 is 9.90 Å². The van der Waals surface area contributed by atoms with Gasteiger partial charge in [0.2, 0.25) is 11.1 Å². The summed E-state index contributed by atoms with van der Waals surface area (Å²) >= 11 is 1.29. The standard InChI is InChI=1S/C13H15N5O2S/c19-11-5-3-10(4-6-11)18-13(15-16-17-18)21-8-12(20)14-7-9-1-2-9/h3-6,9,19H,1-2,7-8H2,(H,14,20). The maximum absolute atomic E-state index is 11.7. The summed E-state index contributed by atoms with van der Waals surface area (Å²) in [6, 6.07) is 6.55. The second-order valence-electron chi connectivity index (χ2n) is 4.93. The summed E-state index contributed by atoms with van der Waals surface area (Å²) in [7, 11) is 0. The number of amides is 1. The van der Waals surface area contributed by atoms with E-state index in [1.807, 2.05) is 0 Å². The SMILES string of the molecule is O=C(CSc1nnnn1-c1ccc(O)cc1)NCC1CC1. The van der Waals surface area contributed by atoms with Crippen molar-refractivity contribution >= 4 is 17.7 Å². The van der Waals surface area contributed by atoms with Gasteiger partial charge in [0.15, 0.2) is 0 Å². The van der Waals surface area contributed by atoms with Crippen LogP contribution in [0.4, 0.5) is 0 Å². The van der Waals surface area contributed by atoms with Gasteiger partial charge in [0.25, 0.3) is 0 Å². The minimum absolute atomic E-state index is 0.00726. The highest BCUT2D eigenvalue weighted by Crippen LogP contribution is 2.27. The average molecular weight is 305 g/mol. The predicted molar refractivity (Wildman–Crippen MR) is 77.3 cm³/mol. The third-order valence-electron chi connectivity index (χ3n) is 3.15. The molecule has 110 valence electrons. The Labute approximate surface area is 125 Å². The summed E-state index contributed by atoms with van der Waals surface area (Å²) in [4.78, 5) is 11.7. The first kappa shape index (κ1) is 13.9. The molecule has 0 bridgehead atoms. The second kappa shape index (κ2) is 6.13. The van der Waals surface area contributed by atoms with Crippen LogP contribution in [0, 0.1) is 5.92 Å². The fraction of sp³-hybridized carbons (Fsp3) is 0.385. The second-order valence-corrected chi connectivity index (χ2v) is 5.87. The summed E-state index contributed by atoms with van der Waals surface area (Å²) in [5, 5.41) is 24.2. The van der Waals surface area contributed by atoms with Gasteiger partial charge in [0.1, 0.15) is 5.75 Å². The van der Waals surface area contributed by atoms with Crippen molar-refractivity contribution in [2.24, 2.45) is 5.92 Å². The fourth-order valence-corrected chi connectivity index (χ4v) is 2.51. The van der Waals surface area contributed by atoms with Crippen LogP contribution in [0.25, 0.3) is 5.69 Å². The van der Waals surface area contributed by atoms with Crippen LogP contribution in [-0.2, 0) is 4.79 Å². The van der Waals surface area contributed by atoms with Gasteiger partial charge in [-0.15, -0.1) is 5.10 Å². The van der Waals surface area contributed by atoms with E-state index in [0.717, 1.165) is 12.2 Å². The summed E-state index contributed by atoms with van der Waals surface area (Å²) in [5.41, 5.74) is 0.735. The Balaban J connectivity index is 1.59. The molecule has 3 rings (SSSR count). The molecule has 1 amide bonds. The van der Waals surface area contributed by atoms with Crippen LogP contribution in [0.5, 0.6) is 5.75 Å². The topological polar surface area (TPSA) is 92.9 Å². The van der Waals surface area contributed by atoms with Gasteiger partial charge in [-0.2, -0.15) is 4.68 Å². The molecule has 1 aliphatic carbocycles. The van der Waals surface area contributed by atoms with E-state index >= 15 is 0 Å². The number of carbonyl (C=O) groups is 1. The Morgan fingerprint density at radius 3 is 2.86 bits per heavy atom. The minimum atomic E-state index is -0.00726. The number of thioether (sulfide) groups is 1. The van der Waals surface area contributed by atoms with Crippen LogP contribution in [0.2, 0.25) is 0 Å². The smallest absolute Gasteiger partial charge is 0.230 e. The molecule has 1 aromatic heterocycles. The number of tetrazole rings is 1. The average Bonchev–Trinajstić information content (AvgIpc) is 3.20. The van der Waals surface area contributed by atoms with E-state index in [4.69, 9.17) is 0 Å². The molecule has 2 N–H and O–H groups in total. The van der Waals surface area contributed by atoms with E-state index < -0.39 is 0 Å². The van der Waals surface area contributed by atoms with Crippen molar-refractivity contribution in [1.29, 1.82) is 0 Å². The number of nitrogens with one attached hydrogen (secondary N) is 1. The Morgan fingerprint density at radius 2 is 2.14 bits per heavy atom. The number of phenolic OH excluding ortho intramolecular Hbond substituents is 1. The number of carbonyl (C=O) groups excluding carboxylic acids is 1. The number of aromatic hydroxyl groups is 1. The number of nitrogens with zero attached hydrogens (tertiary/aromatic N) is 4. The fourth-order valence-electron chi connectivity index (χ4n) is 1.79. The molecule has 0 radical (unpaired) electrons. The molecule has 1 fully saturated rings. The summed E-state index contributed by atoms with van der Waals surface area (Å²) < 4.78 is 1.54. The molecule has 1 heterocycles. The van der Waals surface area contributed by atoms with E-state index in [-0.39, 0.29) is 17.4 Å². The molecule has 7 nitrogen and oxygen atoms in total. The van der Waals surface area contributed by atoms with E-state index in [1.54, 1.807) is 24.3 Å². The van der Waals surface area contributed by atoms with Gasteiger partial charge < -0.3 is 10.4 Å². The van der Waals surface area contributed by atoms with Crippen molar-refractivity contribution in [3.8, 4) is 11.4 Å². The maximum Gasteiger partial charge on any atom is 0.230 e. The number of hydrogen-bond donors (Lipinski definition) is 2. The van der Waals surface area contributed by atoms with Gasteiger partial charge in [0.05, 0.1) is 11.4 Å². The Morgan fingerprint density at radius 1 is 1.38 bits per heavy atom. The van der Waals surface area contributed by atoms with Gasteiger partial charge >= 0.3 is 0 Å². The van der Waals surface area contributed by atoms with Gasteiger partial charge in [-0.05, 0) is 53.5 Å². The molecule has 1 aliphatic rings. The molecule has 0 saturated heterocycles. The molecule has 0 spiro atoms. The van der Waals surface area contributed by atoms with Crippen LogP contribution in [0.3, 0.4) is 0 Å². The van der Waals surface area contributed by atoms with E-state index in [9.17, 15) is 9.90 Å². The molecule has 1 aromatic carbocycles. The van der Waals surface area contributed by atoms with E-state index in [0.29, 0.717) is 11.1 Å². The van der Waals surface area contributed by atoms with Crippen LogP contribution < -0.4 is 5.32 Å². The molecule has 8 heteroatoms. The van der Waals surface area contributed by atoms with Crippen molar-refractivity contribution in [2.45, 2.75) is 18.0 Å². The van der Waals surface area contributed by atoms with Gasteiger partial charge in [-0.1, -0.05) is 11.8 Å². The molecule has 1 saturated carbocycles. The Bertz CT molecular complexity index is 624. The summed E-state index contributed by atoms with van der Waals surface area (Å²) in [6.07, 6.45) is 2.43. The van der Waals surface area contributed by atoms with Crippen LogP contribution >= 0.6 is 11.8 Å². The molecular formula is C13H15N5O2S. The monoisotopic (exact) mass is 305 g/mol. The number of benzene rings is 1. The van der Waals surface area contributed by atoms with E-state index in [2.05, 4.69) is 20.8 Å². The highest BCUT2D eigenvalue weighted by atomic mass is 32.2. The molecule has 2 aromatic rings. The van der Waals surface area contributed by atoms with Gasteiger partial charge in [0, 0.05) is 6.54 Å². The first-order valence-corrected chi connectivity index (χ1v) is 7.68. The lowest BCUT2D eigenvalue weighted by Gasteiger charge is -2.05. The summed E-state index contributed by atoms with van der Waals surface area (Å²) in [6.45, 7) is 0.766. The molecule has 0 aliphatic heterocycles. The first-order valence-electron chi connectivity index (χ1n) is 6.69. The normalized spacial score (nSPS) is 14.1. The quantitative estimate of drug-likeness (QED) is 0.773. The molecule has 0 unspecified atom stereocenters. The number of aromatic nitrogens is 4. The summed E-state index contributed by atoms with van der Waals surface area (Å²) in [5.74, 6) is 1.12.